The first-order chi connectivity index (χ1) is 7.00. The van der Waals surface area contributed by atoms with Crippen molar-refractivity contribution < 1.29 is 4.79 Å². The van der Waals surface area contributed by atoms with Crippen molar-refractivity contribution in [3.63, 3.8) is 0 Å². The van der Waals surface area contributed by atoms with Crippen molar-refractivity contribution in [1.82, 2.24) is 9.55 Å². The van der Waals surface area contributed by atoms with Gasteiger partial charge in [0.25, 0.3) is 0 Å². The molecule has 2 aromatic rings. The highest BCUT2D eigenvalue weighted by Crippen LogP contribution is 2.29. The first kappa shape index (κ1) is 10.5. The van der Waals surface area contributed by atoms with Gasteiger partial charge < -0.3 is 0 Å². The number of aromatic nitrogens is 2. The maximum atomic E-state index is 11.3. The van der Waals surface area contributed by atoms with Crippen LogP contribution in [0.15, 0.2) is 12.3 Å². The molecule has 0 saturated carbocycles. The SMILES string of the molecule is CC(=O)n1cc(C)c2c(Cl)cc(Cl)nc21. The number of aryl methyl sites for hydroxylation is 1. The Balaban J connectivity index is 2.93. The third-order valence-electron chi connectivity index (χ3n) is 2.21. The second kappa shape index (κ2) is 3.51. The standard InChI is InChI=1S/C10H8Cl2N2O/c1-5-4-14(6(2)15)10-9(5)7(11)3-8(12)13-10/h3-4H,1-2H3. The third kappa shape index (κ3) is 1.62. The van der Waals surface area contributed by atoms with E-state index in [-0.39, 0.29) is 11.1 Å². The van der Waals surface area contributed by atoms with Crippen molar-refractivity contribution in [2.24, 2.45) is 0 Å². The summed E-state index contributed by atoms with van der Waals surface area (Å²) < 4.78 is 1.45. The second-order valence-electron chi connectivity index (χ2n) is 3.33. The Morgan fingerprint density at radius 2 is 2.13 bits per heavy atom. The number of rotatable bonds is 0. The Bertz CT molecular complexity index is 560. The summed E-state index contributed by atoms with van der Waals surface area (Å²) in [6.07, 6.45) is 1.71. The van der Waals surface area contributed by atoms with Crippen molar-refractivity contribution in [1.29, 1.82) is 0 Å². The summed E-state index contributed by atoms with van der Waals surface area (Å²) in [5, 5.41) is 1.58. The Morgan fingerprint density at radius 1 is 1.47 bits per heavy atom. The van der Waals surface area contributed by atoms with E-state index in [1.807, 2.05) is 6.92 Å². The first-order valence-corrected chi connectivity index (χ1v) is 5.11. The molecule has 0 atom stereocenters. The maximum Gasteiger partial charge on any atom is 0.229 e. The van der Waals surface area contributed by atoms with Gasteiger partial charge >= 0.3 is 0 Å². The molecule has 2 heterocycles. The maximum absolute atomic E-state index is 11.3. The van der Waals surface area contributed by atoms with Crippen LogP contribution in [0.1, 0.15) is 17.3 Å². The highest BCUT2D eigenvalue weighted by Gasteiger charge is 2.13. The minimum absolute atomic E-state index is 0.112. The molecule has 0 saturated heterocycles. The van der Waals surface area contributed by atoms with E-state index in [2.05, 4.69) is 4.98 Å². The number of pyridine rings is 1. The summed E-state index contributed by atoms with van der Waals surface area (Å²) in [5.74, 6) is -0.112. The monoisotopic (exact) mass is 242 g/mol. The van der Waals surface area contributed by atoms with Gasteiger partial charge in [0.15, 0.2) is 0 Å². The Kier molecular flexibility index (Phi) is 2.44. The molecule has 15 heavy (non-hydrogen) atoms. The minimum atomic E-state index is -0.112. The molecule has 3 nitrogen and oxygen atoms in total. The largest absolute Gasteiger partial charge is 0.274 e. The van der Waals surface area contributed by atoms with E-state index in [4.69, 9.17) is 23.2 Å². The number of halogens is 2. The van der Waals surface area contributed by atoms with Crippen molar-refractivity contribution in [3.8, 4) is 0 Å². The Morgan fingerprint density at radius 3 is 2.73 bits per heavy atom. The van der Waals surface area contributed by atoms with Crippen molar-refractivity contribution in [2.45, 2.75) is 13.8 Å². The van der Waals surface area contributed by atoms with Crippen LogP contribution in [0.4, 0.5) is 0 Å². The molecule has 0 unspecified atom stereocenters. The summed E-state index contributed by atoms with van der Waals surface area (Å²) >= 11 is 11.8. The molecule has 0 fully saturated rings. The predicted octanol–water partition coefficient (Wildman–Crippen LogP) is 3.31. The molecule has 0 aliphatic rings. The molecule has 2 aromatic heterocycles. The summed E-state index contributed by atoms with van der Waals surface area (Å²) in [4.78, 5) is 15.4. The zero-order valence-electron chi connectivity index (χ0n) is 8.21. The molecule has 0 spiro atoms. The lowest BCUT2D eigenvalue weighted by molar-refractivity contribution is 0.0941. The minimum Gasteiger partial charge on any atom is -0.274 e. The van der Waals surface area contributed by atoms with Crippen molar-refractivity contribution in [2.75, 3.05) is 0 Å². The van der Waals surface area contributed by atoms with Crippen LogP contribution in [0.2, 0.25) is 10.2 Å². The van der Waals surface area contributed by atoms with Crippen LogP contribution in [-0.2, 0) is 0 Å². The molecule has 0 aromatic carbocycles. The average molecular weight is 243 g/mol. The topological polar surface area (TPSA) is 34.9 Å². The summed E-state index contributed by atoms with van der Waals surface area (Å²) in [6.45, 7) is 3.35. The summed E-state index contributed by atoms with van der Waals surface area (Å²) in [7, 11) is 0. The van der Waals surface area contributed by atoms with Crippen LogP contribution in [0.5, 0.6) is 0 Å². The third-order valence-corrected chi connectivity index (χ3v) is 2.70. The van der Waals surface area contributed by atoms with Crippen molar-refractivity contribution in [3.05, 3.63) is 28.0 Å². The average Bonchev–Trinajstić information content (AvgIpc) is 2.42. The molecule has 0 N–H and O–H groups in total. The quantitative estimate of drug-likeness (QED) is 0.665. The molecule has 0 aliphatic carbocycles. The van der Waals surface area contributed by atoms with Gasteiger partial charge in [-0.25, -0.2) is 4.98 Å². The van der Waals surface area contributed by atoms with Gasteiger partial charge in [-0.1, -0.05) is 23.2 Å². The van der Waals surface area contributed by atoms with Crippen molar-refractivity contribution >= 4 is 40.1 Å². The molecule has 0 aliphatic heterocycles. The van der Waals surface area contributed by atoms with Crippen LogP contribution < -0.4 is 0 Å². The lowest BCUT2D eigenvalue weighted by atomic mass is 10.2. The normalized spacial score (nSPS) is 10.9. The second-order valence-corrected chi connectivity index (χ2v) is 4.12. The zero-order valence-corrected chi connectivity index (χ0v) is 9.73. The van der Waals surface area contributed by atoms with Crippen LogP contribution in [-0.4, -0.2) is 15.5 Å². The van der Waals surface area contributed by atoms with Gasteiger partial charge in [0.2, 0.25) is 5.91 Å². The molecule has 0 amide bonds. The van der Waals surface area contributed by atoms with E-state index in [9.17, 15) is 4.79 Å². The molecule has 78 valence electrons. The van der Waals surface area contributed by atoms with Gasteiger partial charge in [-0.15, -0.1) is 0 Å². The zero-order chi connectivity index (χ0) is 11.2. The van der Waals surface area contributed by atoms with Gasteiger partial charge in [-0.05, 0) is 18.6 Å². The number of nitrogens with zero attached hydrogens (tertiary/aromatic N) is 2. The molecular formula is C10H8Cl2N2O. The molecule has 0 radical (unpaired) electrons. The molecule has 5 heteroatoms. The lowest BCUT2D eigenvalue weighted by Gasteiger charge is -2.00. The van der Waals surface area contributed by atoms with E-state index < -0.39 is 0 Å². The highest BCUT2D eigenvalue weighted by atomic mass is 35.5. The van der Waals surface area contributed by atoms with E-state index in [1.165, 1.54) is 11.5 Å². The van der Waals surface area contributed by atoms with Crippen LogP contribution >= 0.6 is 23.2 Å². The van der Waals surface area contributed by atoms with Crippen LogP contribution in [0.25, 0.3) is 11.0 Å². The van der Waals surface area contributed by atoms with E-state index in [0.717, 1.165) is 10.9 Å². The number of carbonyl (C=O) groups is 1. The van der Waals surface area contributed by atoms with Gasteiger partial charge in [0.1, 0.15) is 10.8 Å². The number of hydrogen-bond donors (Lipinski definition) is 0. The summed E-state index contributed by atoms with van der Waals surface area (Å²) in [5.41, 5.74) is 1.42. The smallest absolute Gasteiger partial charge is 0.229 e. The van der Waals surface area contributed by atoms with Crippen LogP contribution in [0, 0.1) is 6.92 Å². The van der Waals surface area contributed by atoms with Gasteiger partial charge in [0.05, 0.1) is 5.02 Å². The molecular weight excluding hydrogens is 235 g/mol. The Hall–Kier alpha value is -1.06. The molecule has 2 rings (SSSR count). The number of hydrogen-bond acceptors (Lipinski definition) is 2. The lowest BCUT2D eigenvalue weighted by Crippen LogP contribution is -2.04. The number of carbonyl (C=O) groups excluding carboxylic acids is 1. The van der Waals surface area contributed by atoms with E-state index in [1.54, 1.807) is 12.3 Å². The molecule has 0 bridgehead atoms. The fourth-order valence-electron chi connectivity index (χ4n) is 1.57. The van der Waals surface area contributed by atoms with Gasteiger partial charge in [-0.3, -0.25) is 9.36 Å². The summed E-state index contributed by atoms with van der Waals surface area (Å²) in [6, 6.07) is 1.57. The van der Waals surface area contributed by atoms with E-state index in [0.29, 0.717) is 10.7 Å². The van der Waals surface area contributed by atoms with Gasteiger partial charge in [-0.2, -0.15) is 0 Å². The fraction of sp³-hybridized carbons (Fsp3) is 0.200. The van der Waals surface area contributed by atoms with Crippen LogP contribution in [0.3, 0.4) is 0 Å². The number of fused-ring (bicyclic) bond motifs is 1. The van der Waals surface area contributed by atoms with Gasteiger partial charge in [0, 0.05) is 18.5 Å². The predicted molar refractivity (Wildman–Crippen MR) is 60.8 cm³/mol. The Labute approximate surface area is 96.6 Å². The first-order valence-electron chi connectivity index (χ1n) is 4.35. The fourth-order valence-corrected chi connectivity index (χ4v) is 2.15. The van der Waals surface area contributed by atoms with E-state index >= 15 is 0 Å². The highest BCUT2D eigenvalue weighted by molar-refractivity contribution is 6.38.